The van der Waals surface area contributed by atoms with Crippen LogP contribution in [0.15, 0.2) is 58.9 Å². The molecular formula is C19H20N2OS. The summed E-state index contributed by atoms with van der Waals surface area (Å²) in [5.41, 5.74) is 5.69. The van der Waals surface area contributed by atoms with E-state index in [4.69, 9.17) is 4.99 Å². The summed E-state index contributed by atoms with van der Waals surface area (Å²) in [5.74, 6) is 0. The topological polar surface area (TPSA) is 37.5 Å². The van der Waals surface area contributed by atoms with Crippen LogP contribution in [0.2, 0.25) is 0 Å². The number of aryl methyl sites for hydroxylation is 2. The third kappa shape index (κ3) is 3.44. The molecule has 0 saturated carbocycles. The van der Waals surface area contributed by atoms with Gasteiger partial charge < -0.3 is 9.67 Å². The van der Waals surface area contributed by atoms with Gasteiger partial charge >= 0.3 is 0 Å². The SMILES string of the molecule is Cc1ccc(C)c(-c2csc(=Nc3ccccc3)n2CCO)c1. The standard InChI is InChI=1S/C19H20N2OS/c1-14-8-9-15(2)17(12-14)18-13-23-19(21(18)10-11-22)20-16-6-4-3-5-7-16/h3-9,12-13,22H,10-11H2,1-2H3. The molecule has 3 aromatic rings. The summed E-state index contributed by atoms with van der Waals surface area (Å²) in [6.07, 6.45) is 0. The highest BCUT2D eigenvalue weighted by atomic mass is 32.1. The normalized spacial score (nSPS) is 11.9. The molecule has 1 aromatic heterocycles. The Hall–Kier alpha value is -2.17. The lowest BCUT2D eigenvalue weighted by molar-refractivity contribution is 0.275. The van der Waals surface area contributed by atoms with E-state index in [9.17, 15) is 5.11 Å². The minimum atomic E-state index is 0.0938. The number of aliphatic hydroxyl groups is 1. The van der Waals surface area contributed by atoms with E-state index in [1.807, 2.05) is 30.3 Å². The number of hydrogen-bond donors (Lipinski definition) is 1. The number of aromatic nitrogens is 1. The van der Waals surface area contributed by atoms with Gasteiger partial charge in [0.25, 0.3) is 0 Å². The largest absolute Gasteiger partial charge is 0.395 e. The fourth-order valence-electron chi connectivity index (χ4n) is 2.58. The second-order valence-electron chi connectivity index (χ2n) is 5.54. The Bertz CT molecular complexity index is 863. The lowest BCUT2D eigenvalue weighted by Gasteiger charge is -2.11. The molecule has 23 heavy (non-hydrogen) atoms. The van der Waals surface area contributed by atoms with Crippen LogP contribution >= 0.6 is 11.3 Å². The van der Waals surface area contributed by atoms with Crippen molar-refractivity contribution in [2.75, 3.05) is 6.61 Å². The molecule has 3 rings (SSSR count). The van der Waals surface area contributed by atoms with Crippen molar-refractivity contribution in [3.8, 4) is 11.3 Å². The Morgan fingerprint density at radius 2 is 1.87 bits per heavy atom. The Labute approximate surface area is 140 Å². The zero-order valence-electron chi connectivity index (χ0n) is 13.4. The Balaban J connectivity index is 2.16. The Kier molecular flexibility index (Phi) is 4.74. The van der Waals surface area contributed by atoms with Crippen LogP contribution in [0.4, 0.5) is 5.69 Å². The van der Waals surface area contributed by atoms with Gasteiger partial charge in [-0.05, 0) is 37.6 Å². The zero-order chi connectivity index (χ0) is 16.2. The summed E-state index contributed by atoms with van der Waals surface area (Å²) in [5, 5.41) is 11.6. The van der Waals surface area contributed by atoms with Crippen molar-refractivity contribution in [3.05, 3.63) is 69.8 Å². The molecule has 4 heteroatoms. The highest BCUT2D eigenvalue weighted by molar-refractivity contribution is 7.07. The van der Waals surface area contributed by atoms with Crippen LogP contribution in [0.5, 0.6) is 0 Å². The van der Waals surface area contributed by atoms with Crippen LogP contribution in [0.3, 0.4) is 0 Å². The maximum Gasteiger partial charge on any atom is 0.190 e. The molecular weight excluding hydrogens is 304 g/mol. The maximum atomic E-state index is 9.47. The lowest BCUT2D eigenvalue weighted by Crippen LogP contribution is -2.18. The van der Waals surface area contributed by atoms with Crippen LogP contribution in [0, 0.1) is 13.8 Å². The minimum absolute atomic E-state index is 0.0938. The highest BCUT2D eigenvalue weighted by Gasteiger charge is 2.10. The van der Waals surface area contributed by atoms with Gasteiger partial charge in [0.2, 0.25) is 0 Å². The van der Waals surface area contributed by atoms with Crippen LogP contribution in [0.1, 0.15) is 11.1 Å². The molecule has 3 nitrogen and oxygen atoms in total. The molecule has 0 atom stereocenters. The van der Waals surface area contributed by atoms with Crippen molar-refractivity contribution < 1.29 is 5.11 Å². The number of aliphatic hydroxyl groups excluding tert-OH is 1. The van der Waals surface area contributed by atoms with E-state index in [2.05, 4.69) is 42.0 Å². The molecule has 0 spiro atoms. The van der Waals surface area contributed by atoms with Gasteiger partial charge in [0.05, 0.1) is 18.0 Å². The molecule has 0 fully saturated rings. The molecule has 0 aliphatic heterocycles. The van der Waals surface area contributed by atoms with E-state index in [1.165, 1.54) is 16.7 Å². The molecule has 0 aliphatic rings. The number of rotatable bonds is 4. The van der Waals surface area contributed by atoms with Crippen molar-refractivity contribution in [1.29, 1.82) is 0 Å². The molecule has 2 aromatic carbocycles. The van der Waals surface area contributed by atoms with Crippen molar-refractivity contribution in [3.63, 3.8) is 0 Å². The van der Waals surface area contributed by atoms with Gasteiger partial charge in [-0.1, -0.05) is 35.9 Å². The van der Waals surface area contributed by atoms with E-state index in [0.29, 0.717) is 6.54 Å². The smallest absolute Gasteiger partial charge is 0.190 e. The second-order valence-corrected chi connectivity index (χ2v) is 6.38. The molecule has 0 aliphatic carbocycles. The van der Waals surface area contributed by atoms with Crippen LogP contribution in [0.25, 0.3) is 11.3 Å². The fraction of sp³-hybridized carbons (Fsp3) is 0.211. The highest BCUT2D eigenvalue weighted by Crippen LogP contribution is 2.25. The maximum absolute atomic E-state index is 9.47. The number of para-hydroxylation sites is 1. The summed E-state index contributed by atoms with van der Waals surface area (Å²) in [6.45, 7) is 4.85. The minimum Gasteiger partial charge on any atom is -0.395 e. The second kappa shape index (κ2) is 6.94. The Morgan fingerprint density at radius 3 is 2.61 bits per heavy atom. The molecule has 0 bridgehead atoms. The van der Waals surface area contributed by atoms with Gasteiger partial charge in [0, 0.05) is 17.5 Å². The average molecular weight is 324 g/mol. The molecule has 0 radical (unpaired) electrons. The zero-order valence-corrected chi connectivity index (χ0v) is 14.2. The number of nitrogens with zero attached hydrogens (tertiary/aromatic N) is 2. The van der Waals surface area contributed by atoms with Crippen molar-refractivity contribution in [2.45, 2.75) is 20.4 Å². The van der Waals surface area contributed by atoms with E-state index in [0.717, 1.165) is 16.2 Å². The summed E-state index contributed by atoms with van der Waals surface area (Å²) >= 11 is 1.61. The van der Waals surface area contributed by atoms with Crippen molar-refractivity contribution >= 4 is 17.0 Å². The van der Waals surface area contributed by atoms with Gasteiger partial charge in [-0.25, -0.2) is 4.99 Å². The fourth-order valence-corrected chi connectivity index (χ4v) is 3.52. The van der Waals surface area contributed by atoms with Gasteiger partial charge in [-0.15, -0.1) is 11.3 Å². The summed E-state index contributed by atoms with van der Waals surface area (Å²) in [4.78, 5) is 5.63. The molecule has 1 heterocycles. The van der Waals surface area contributed by atoms with E-state index in [1.54, 1.807) is 11.3 Å². The summed E-state index contributed by atoms with van der Waals surface area (Å²) < 4.78 is 2.10. The van der Waals surface area contributed by atoms with Crippen LogP contribution < -0.4 is 4.80 Å². The van der Waals surface area contributed by atoms with Gasteiger partial charge in [0.15, 0.2) is 4.80 Å². The number of thiazole rings is 1. The summed E-state index contributed by atoms with van der Waals surface area (Å²) in [6, 6.07) is 16.4. The van der Waals surface area contributed by atoms with Gasteiger partial charge in [-0.2, -0.15) is 0 Å². The third-order valence-corrected chi connectivity index (χ3v) is 4.63. The number of hydrogen-bond acceptors (Lipinski definition) is 3. The van der Waals surface area contributed by atoms with Crippen molar-refractivity contribution in [2.24, 2.45) is 4.99 Å². The number of benzene rings is 2. The summed E-state index contributed by atoms with van der Waals surface area (Å²) in [7, 11) is 0. The Morgan fingerprint density at radius 1 is 1.09 bits per heavy atom. The lowest BCUT2D eigenvalue weighted by atomic mass is 10.0. The van der Waals surface area contributed by atoms with Gasteiger partial charge in [-0.3, -0.25) is 0 Å². The van der Waals surface area contributed by atoms with E-state index < -0.39 is 0 Å². The third-order valence-electron chi connectivity index (χ3n) is 3.77. The molecule has 118 valence electrons. The predicted octanol–water partition coefficient (Wildman–Crippen LogP) is 4.06. The first kappa shape index (κ1) is 15.7. The quantitative estimate of drug-likeness (QED) is 0.772. The molecule has 1 N–H and O–H groups in total. The van der Waals surface area contributed by atoms with E-state index in [-0.39, 0.29) is 6.61 Å². The molecule has 0 amide bonds. The predicted molar refractivity (Wildman–Crippen MR) is 96.0 cm³/mol. The average Bonchev–Trinajstić information content (AvgIpc) is 2.94. The first-order valence-electron chi connectivity index (χ1n) is 7.65. The van der Waals surface area contributed by atoms with Crippen molar-refractivity contribution in [1.82, 2.24) is 4.57 Å². The van der Waals surface area contributed by atoms with Gasteiger partial charge in [0.1, 0.15) is 0 Å². The van der Waals surface area contributed by atoms with Crippen LogP contribution in [-0.4, -0.2) is 16.3 Å². The monoisotopic (exact) mass is 324 g/mol. The molecule has 0 saturated heterocycles. The first-order chi connectivity index (χ1) is 11.2. The molecule has 0 unspecified atom stereocenters. The van der Waals surface area contributed by atoms with E-state index >= 15 is 0 Å². The van der Waals surface area contributed by atoms with Crippen LogP contribution in [-0.2, 0) is 6.54 Å². The first-order valence-corrected chi connectivity index (χ1v) is 8.53.